The number of methoxy groups -OCH3 is 2. The summed E-state index contributed by atoms with van der Waals surface area (Å²) in [7, 11) is 3.22. The first kappa shape index (κ1) is 22.0. The first-order chi connectivity index (χ1) is 16.2. The molecule has 0 fully saturated rings. The maximum absolute atomic E-state index is 6.59. The summed E-state index contributed by atoms with van der Waals surface area (Å²) in [6, 6.07) is 26.0. The van der Waals surface area contributed by atoms with Crippen molar-refractivity contribution in [3.8, 4) is 11.5 Å². The van der Waals surface area contributed by atoms with E-state index in [1.807, 2.05) is 48.5 Å². The Morgan fingerprint density at radius 2 is 1.45 bits per heavy atom. The second kappa shape index (κ2) is 10.4. The van der Waals surface area contributed by atoms with Crippen molar-refractivity contribution in [3.05, 3.63) is 96.3 Å². The van der Waals surface area contributed by atoms with Gasteiger partial charge in [-0.25, -0.2) is 9.97 Å². The molecule has 0 amide bonds. The minimum Gasteiger partial charge on any atom is -0.497 e. The monoisotopic (exact) mass is 441 g/mol. The van der Waals surface area contributed by atoms with Crippen LogP contribution in [0.4, 0.5) is 23.0 Å². The molecule has 0 spiro atoms. The van der Waals surface area contributed by atoms with Gasteiger partial charge in [0.1, 0.15) is 23.5 Å². The number of nitrogen functional groups attached to an aromatic ring is 1. The SMILES string of the molecule is COc1ccc(Nc2ncnc(N(Cc3ccccc3)Cc3ccccc3)c2N)c(OC)c1. The minimum atomic E-state index is 0.460. The zero-order valence-electron chi connectivity index (χ0n) is 18.7. The second-order valence-corrected chi connectivity index (χ2v) is 7.48. The van der Waals surface area contributed by atoms with Crippen LogP contribution >= 0.6 is 0 Å². The molecule has 168 valence electrons. The molecule has 0 aliphatic heterocycles. The molecule has 0 aliphatic carbocycles. The highest BCUT2D eigenvalue weighted by Crippen LogP contribution is 2.35. The van der Waals surface area contributed by atoms with Crippen LogP contribution in [-0.4, -0.2) is 24.2 Å². The molecule has 0 unspecified atom stereocenters. The number of anilines is 4. The molecule has 3 N–H and O–H groups in total. The highest BCUT2D eigenvalue weighted by atomic mass is 16.5. The van der Waals surface area contributed by atoms with Gasteiger partial charge in [-0.15, -0.1) is 0 Å². The first-order valence-corrected chi connectivity index (χ1v) is 10.6. The summed E-state index contributed by atoms with van der Waals surface area (Å²) in [6.07, 6.45) is 1.52. The normalized spacial score (nSPS) is 10.5. The van der Waals surface area contributed by atoms with Crippen LogP contribution in [-0.2, 0) is 13.1 Å². The Kier molecular flexibility index (Phi) is 6.90. The minimum absolute atomic E-state index is 0.460. The molecule has 7 nitrogen and oxygen atoms in total. The Morgan fingerprint density at radius 1 is 0.818 bits per heavy atom. The Morgan fingerprint density at radius 3 is 2.03 bits per heavy atom. The average Bonchev–Trinajstić information content (AvgIpc) is 2.86. The fraction of sp³-hybridized carbons (Fsp3) is 0.154. The lowest BCUT2D eigenvalue weighted by atomic mass is 10.1. The molecule has 0 atom stereocenters. The standard InChI is InChI=1S/C26H27N5O2/c1-32-21-13-14-22(23(15-21)33-2)30-25-24(27)26(29-18-28-25)31(16-19-9-5-3-6-10-19)17-20-11-7-4-8-12-20/h3-15,18H,16-17,27H2,1-2H3,(H,28,29,30). The third-order valence-corrected chi connectivity index (χ3v) is 5.26. The number of hydrogen-bond acceptors (Lipinski definition) is 7. The van der Waals surface area contributed by atoms with Crippen molar-refractivity contribution in [2.45, 2.75) is 13.1 Å². The molecular weight excluding hydrogens is 414 g/mol. The van der Waals surface area contributed by atoms with Crippen molar-refractivity contribution in [1.82, 2.24) is 9.97 Å². The Balaban J connectivity index is 1.67. The van der Waals surface area contributed by atoms with Gasteiger partial charge in [0.15, 0.2) is 11.6 Å². The Labute approximate surface area is 193 Å². The molecule has 33 heavy (non-hydrogen) atoms. The van der Waals surface area contributed by atoms with Gasteiger partial charge >= 0.3 is 0 Å². The number of nitrogens with two attached hydrogens (primary N) is 1. The molecule has 0 radical (unpaired) electrons. The summed E-state index contributed by atoms with van der Waals surface area (Å²) in [5.74, 6) is 2.49. The van der Waals surface area contributed by atoms with E-state index in [4.69, 9.17) is 15.2 Å². The molecule has 4 aromatic rings. The predicted octanol–water partition coefficient (Wildman–Crippen LogP) is 5.03. The van der Waals surface area contributed by atoms with Crippen LogP contribution in [0.3, 0.4) is 0 Å². The molecule has 0 bridgehead atoms. The van der Waals surface area contributed by atoms with Gasteiger partial charge in [0.25, 0.3) is 0 Å². The predicted molar refractivity (Wildman–Crippen MR) is 132 cm³/mol. The first-order valence-electron chi connectivity index (χ1n) is 10.6. The summed E-state index contributed by atoms with van der Waals surface area (Å²) in [5.41, 5.74) is 10.1. The molecular formula is C26H27N5O2. The molecule has 0 saturated heterocycles. The quantitative estimate of drug-likeness (QED) is 0.377. The molecule has 0 aliphatic rings. The van der Waals surface area contributed by atoms with Crippen molar-refractivity contribution in [2.24, 2.45) is 0 Å². The van der Waals surface area contributed by atoms with Gasteiger partial charge in [-0.1, -0.05) is 60.7 Å². The fourth-order valence-electron chi connectivity index (χ4n) is 3.58. The van der Waals surface area contributed by atoms with Gasteiger partial charge in [-0.05, 0) is 23.3 Å². The Hall–Kier alpha value is -4.26. The average molecular weight is 442 g/mol. The van der Waals surface area contributed by atoms with Crippen molar-refractivity contribution >= 4 is 23.0 Å². The van der Waals surface area contributed by atoms with E-state index in [0.29, 0.717) is 41.9 Å². The van der Waals surface area contributed by atoms with Crippen molar-refractivity contribution < 1.29 is 9.47 Å². The van der Waals surface area contributed by atoms with Crippen LogP contribution in [0.1, 0.15) is 11.1 Å². The maximum atomic E-state index is 6.59. The smallest absolute Gasteiger partial charge is 0.159 e. The number of rotatable bonds is 9. The van der Waals surface area contributed by atoms with Crippen LogP contribution in [0, 0.1) is 0 Å². The van der Waals surface area contributed by atoms with E-state index in [0.717, 1.165) is 16.8 Å². The van der Waals surface area contributed by atoms with Crippen LogP contribution in [0.15, 0.2) is 85.2 Å². The van der Waals surface area contributed by atoms with E-state index in [1.54, 1.807) is 20.3 Å². The lowest BCUT2D eigenvalue weighted by Crippen LogP contribution is -2.24. The van der Waals surface area contributed by atoms with Gasteiger partial charge in [0.2, 0.25) is 0 Å². The summed E-state index contributed by atoms with van der Waals surface area (Å²) in [5, 5.41) is 3.28. The second-order valence-electron chi connectivity index (χ2n) is 7.48. The molecule has 0 saturated carbocycles. The van der Waals surface area contributed by atoms with Gasteiger partial charge in [0, 0.05) is 19.2 Å². The van der Waals surface area contributed by atoms with Gasteiger partial charge in [-0.3, -0.25) is 0 Å². The van der Waals surface area contributed by atoms with Crippen LogP contribution in [0.25, 0.3) is 0 Å². The van der Waals surface area contributed by atoms with E-state index in [1.165, 1.54) is 6.33 Å². The lowest BCUT2D eigenvalue weighted by Gasteiger charge is -2.26. The van der Waals surface area contributed by atoms with Gasteiger partial charge in [0.05, 0.1) is 19.9 Å². The molecule has 1 heterocycles. The van der Waals surface area contributed by atoms with E-state index in [2.05, 4.69) is 44.5 Å². The van der Waals surface area contributed by atoms with Crippen LogP contribution in [0.5, 0.6) is 11.5 Å². The molecule has 4 rings (SSSR count). The summed E-state index contributed by atoms with van der Waals surface area (Å²) >= 11 is 0. The van der Waals surface area contributed by atoms with Gasteiger partial charge < -0.3 is 25.4 Å². The van der Waals surface area contributed by atoms with Crippen molar-refractivity contribution in [2.75, 3.05) is 30.2 Å². The Bertz CT molecular complexity index is 1140. The fourth-order valence-corrected chi connectivity index (χ4v) is 3.58. The molecule has 7 heteroatoms. The zero-order valence-corrected chi connectivity index (χ0v) is 18.7. The number of aromatic nitrogens is 2. The topological polar surface area (TPSA) is 85.5 Å². The van der Waals surface area contributed by atoms with Crippen LogP contribution in [0.2, 0.25) is 0 Å². The van der Waals surface area contributed by atoms with Gasteiger partial charge in [-0.2, -0.15) is 0 Å². The molecule has 3 aromatic carbocycles. The third kappa shape index (κ3) is 5.33. The van der Waals surface area contributed by atoms with E-state index in [-0.39, 0.29) is 0 Å². The zero-order chi connectivity index (χ0) is 23.0. The van der Waals surface area contributed by atoms with Crippen molar-refractivity contribution in [1.29, 1.82) is 0 Å². The summed E-state index contributed by atoms with van der Waals surface area (Å²) in [4.78, 5) is 11.1. The highest BCUT2D eigenvalue weighted by Gasteiger charge is 2.17. The van der Waals surface area contributed by atoms with Crippen LogP contribution < -0.4 is 25.4 Å². The highest BCUT2D eigenvalue weighted by molar-refractivity contribution is 5.80. The number of hydrogen-bond donors (Lipinski definition) is 2. The third-order valence-electron chi connectivity index (χ3n) is 5.26. The number of benzene rings is 3. The summed E-state index contributed by atoms with van der Waals surface area (Å²) < 4.78 is 10.8. The summed E-state index contributed by atoms with van der Waals surface area (Å²) in [6.45, 7) is 1.31. The number of ether oxygens (including phenoxy) is 2. The largest absolute Gasteiger partial charge is 0.497 e. The number of nitrogens with one attached hydrogen (secondary N) is 1. The molecule has 1 aromatic heterocycles. The van der Waals surface area contributed by atoms with E-state index < -0.39 is 0 Å². The lowest BCUT2D eigenvalue weighted by molar-refractivity contribution is 0.395. The van der Waals surface area contributed by atoms with E-state index in [9.17, 15) is 0 Å². The van der Waals surface area contributed by atoms with Crippen molar-refractivity contribution in [3.63, 3.8) is 0 Å². The maximum Gasteiger partial charge on any atom is 0.159 e. The number of nitrogens with zero attached hydrogens (tertiary/aromatic N) is 3. The van der Waals surface area contributed by atoms with E-state index >= 15 is 0 Å².